The van der Waals surface area contributed by atoms with Gasteiger partial charge in [-0.2, -0.15) is 0 Å². The summed E-state index contributed by atoms with van der Waals surface area (Å²) in [5.74, 6) is 1.15. The number of nitrogens with zero attached hydrogens (tertiary/aromatic N) is 2. The van der Waals surface area contributed by atoms with Crippen LogP contribution in [0.1, 0.15) is 17.3 Å². The van der Waals surface area contributed by atoms with Gasteiger partial charge in [0.2, 0.25) is 0 Å². The molecule has 9 heteroatoms. The first-order valence-electron chi connectivity index (χ1n) is 9.36. The number of carbonyl (C=O) groups excluding carboxylic acids is 1. The number of aromatic nitrogens is 2. The number of aliphatic hydroxyl groups excluding tert-OH is 1. The van der Waals surface area contributed by atoms with Crippen LogP contribution in [0, 0.1) is 0 Å². The number of halogens is 1. The monoisotopic (exact) mass is 490 g/mol. The molecule has 0 radical (unpaired) electrons. The Bertz CT molecular complexity index is 1180. The Balaban J connectivity index is 1.62. The summed E-state index contributed by atoms with van der Waals surface area (Å²) in [6.45, 7) is 2.63. The summed E-state index contributed by atoms with van der Waals surface area (Å²) in [7, 11) is 0. The van der Waals surface area contributed by atoms with Crippen molar-refractivity contribution in [1.29, 1.82) is 0 Å². The van der Waals surface area contributed by atoms with Crippen LogP contribution in [-0.4, -0.2) is 45.5 Å². The first kappa shape index (κ1) is 20.9. The quantitative estimate of drug-likeness (QED) is 0.322. The molecular weight excluding hydrogens is 472 g/mol. The minimum Gasteiger partial charge on any atom is -0.486 e. The second kappa shape index (κ2) is 8.79. The highest BCUT2D eigenvalue weighted by atomic mass is 79.9. The molecule has 2 heterocycles. The molecule has 0 aliphatic carbocycles. The van der Waals surface area contributed by atoms with Crippen molar-refractivity contribution in [3.63, 3.8) is 0 Å². The van der Waals surface area contributed by atoms with Gasteiger partial charge in [0, 0.05) is 10.0 Å². The molecule has 30 heavy (non-hydrogen) atoms. The van der Waals surface area contributed by atoms with E-state index in [-0.39, 0.29) is 23.6 Å². The molecule has 0 unspecified atom stereocenters. The van der Waals surface area contributed by atoms with Gasteiger partial charge in [-0.3, -0.25) is 14.2 Å². The van der Waals surface area contributed by atoms with E-state index in [0.29, 0.717) is 46.3 Å². The smallest absolute Gasteiger partial charge is 0.262 e. The average molecular weight is 491 g/mol. The van der Waals surface area contributed by atoms with Gasteiger partial charge in [0.1, 0.15) is 13.2 Å². The molecule has 3 aromatic rings. The lowest BCUT2D eigenvalue weighted by Crippen LogP contribution is -2.28. The van der Waals surface area contributed by atoms with Crippen LogP contribution in [0.25, 0.3) is 10.9 Å². The van der Waals surface area contributed by atoms with Gasteiger partial charge in [0.25, 0.3) is 5.56 Å². The predicted molar refractivity (Wildman–Crippen MR) is 118 cm³/mol. The van der Waals surface area contributed by atoms with E-state index in [4.69, 9.17) is 9.47 Å². The minimum absolute atomic E-state index is 0.0912. The molecule has 2 aromatic carbocycles. The lowest BCUT2D eigenvalue weighted by Gasteiger charge is -2.18. The van der Waals surface area contributed by atoms with Gasteiger partial charge < -0.3 is 14.6 Å². The molecule has 0 amide bonds. The molecule has 156 valence electrons. The number of Topliss-reactive ketones (excluding diaryl/α,β-unsaturated/α-hetero) is 1. The number of ether oxygens (including phenoxy) is 2. The summed E-state index contributed by atoms with van der Waals surface area (Å²) < 4.78 is 13.2. The van der Waals surface area contributed by atoms with E-state index in [2.05, 4.69) is 20.9 Å². The zero-order valence-electron chi connectivity index (χ0n) is 16.1. The van der Waals surface area contributed by atoms with Crippen molar-refractivity contribution in [2.24, 2.45) is 0 Å². The van der Waals surface area contributed by atoms with Crippen molar-refractivity contribution < 1.29 is 19.4 Å². The molecule has 0 bridgehead atoms. The first-order valence-corrected chi connectivity index (χ1v) is 11.1. The first-order chi connectivity index (χ1) is 14.4. The van der Waals surface area contributed by atoms with Crippen LogP contribution in [-0.2, 0) is 6.54 Å². The van der Waals surface area contributed by atoms with E-state index in [1.54, 1.807) is 37.3 Å². The van der Waals surface area contributed by atoms with Gasteiger partial charge in [-0.25, -0.2) is 4.98 Å². The topological polar surface area (TPSA) is 90.7 Å². The number of rotatable bonds is 6. The fraction of sp³-hybridized carbons (Fsp3) is 0.286. The molecule has 0 fully saturated rings. The Kier molecular flexibility index (Phi) is 6.12. The minimum atomic E-state index is -0.734. The number of hydrogen-bond donors (Lipinski definition) is 1. The largest absolute Gasteiger partial charge is 0.486 e. The van der Waals surface area contributed by atoms with Crippen LogP contribution in [0.4, 0.5) is 0 Å². The van der Waals surface area contributed by atoms with E-state index >= 15 is 0 Å². The van der Waals surface area contributed by atoms with E-state index < -0.39 is 6.10 Å². The molecule has 1 aliphatic rings. The van der Waals surface area contributed by atoms with Crippen LogP contribution >= 0.6 is 27.7 Å². The van der Waals surface area contributed by atoms with Crippen molar-refractivity contribution in [3.05, 3.63) is 56.8 Å². The molecule has 7 nitrogen and oxygen atoms in total. The fourth-order valence-corrected chi connectivity index (χ4v) is 4.40. The molecule has 0 spiro atoms. The maximum absolute atomic E-state index is 13.0. The lowest BCUT2D eigenvalue weighted by atomic mass is 10.1. The predicted octanol–water partition coefficient (Wildman–Crippen LogP) is 3.29. The Morgan fingerprint density at radius 3 is 2.77 bits per heavy atom. The Morgan fingerprint density at radius 1 is 1.23 bits per heavy atom. The normalized spacial score (nSPS) is 14.0. The molecule has 0 saturated carbocycles. The van der Waals surface area contributed by atoms with Crippen LogP contribution in [0.15, 0.2) is 50.8 Å². The Labute approximate surface area is 185 Å². The molecule has 4 rings (SSSR count). The summed E-state index contributed by atoms with van der Waals surface area (Å²) in [4.78, 5) is 30.3. The summed E-state index contributed by atoms with van der Waals surface area (Å²) in [5, 5.41) is 10.7. The molecule has 1 N–H and O–H groups in total. The lowest BCUT2D eigenvalue weighted by molar-refractivity contribution is 0.102. The van der Waals surface area contributed by atoms with E-state index in [9.17, 15) is 14.7 Å². The van der Waals surface area contributed by atoms with Crippen molar-refractivity contribution in [2.45, 2.75) is 24.7 Å². The zero-order valence-corrected chi connectivity index (χ0v) is 18.5. The number of hydrogen-bond acceptors (Lipinski definition) is 7. The summed E-state index contributed by atoms with van der Waals surface area (Å²) in [5.41, 5.74) is 0.789. The molecule has 0 saturated heterocycles. The Morgan fingerprint density at radius 2 is 2.00 bits per heavy atom. The third kappa shape index (κ3) is 4.38. The van der Waals surface area contributed by atoms with Crippen LogP contribution in [0.2, 0.25) is 0 Å². The SMILES string of the molecule is C[C@@H](O)Cn1c(SCC(=O)c2ccc3c(c2)OCCO3)nc2ccc(Br)cc2c1=O. The van der Waals surface area contributed by atoms with Crippen LogP contribution in [0.5, 0.6) is 11.5 Å². The third-order valence-corrected chi connectivity index (χ3v) is 5.99. The highest BCUT2D eigenvalue weighted by Crippen LogP contribution is 2.31. The van der Waals surface area contributed by atoms with Crippen molar-refractivity contribution >= 4 is 44.4 Å². The third-order valence-electron chi connectivity index (χ3n) is 4.52. The molecular formula is C21H19BrN2O5S. The summed E-state index contributed by atoms with van der Waals surface area (Å²) in [6, 6.07) is 10.4. The van der Waals surface area contributed by atoms with Gasteiger partial charge in [-0.15, -0.1) is 0 Å². The molecule has 1 aliphatic heterocycles. The van der Waals surface area contributed by atoms with E-state index in [1.165, 1.54) is 16.3 Å². The fourth-order valence-electron chi connectivity index (χ4n) is 3.14. The summed E-state index contributed by atoms with van der Waals surface area (Å²) >= 11 is 4.54. The summed E-state index contributed by atoms with van der Waals surface area (Å²) in [6.07, 6.45) is -0.734. The standard InChI is InChI=1S/C21H19BrN2O5S/c1-12(25)10-24-20(27)15-9-14(22)3-4-16(15)23-21(24)30-11-17(26)13-2-5-18-19(8-13)29-7-6-28-18/h2-5,8-9,12,25H,6-7,10-11H2,1H3/t12-/m1/s1. The van der Waals surface area contributed by atoms with Gasteiger partial charge >= 0.3 is 0 Å². The highest BCUT2D eigenvalue weighted by molar-refractivity contribution is 9.10. The van der Waals surface area contributed by atoms with Gasteiger partial charge in [0.05, 0.1) is 29.3 Å². The van der Waals surface area contributed by atoms with Crippen LogP contribution in [0.3, 0.4) is 0 Å². The second-order valence-corrected chi connectivity index (χ2v) is 8.75. The second-order valence-electron chi connectivity index (χ2n) is 6.89. The zero-order chi connectivity index (χ0) is 21.3. The average Bonchev–Trinajstić information content (AvgIpc) is 2.74. The number of ketones is 1. The number of fused-ring (bicyclic) bond motifs is 2. The van der Waals surface area contributed by atoms with Gasteiger partial charge in [0.15, 0.2) is 22.4 Å². The van der Waals surface area contributed by atoms with Crippen molar-refractivity contribution in [1.82, 2.24) is 9.55 Å². The maximum Gasteiger partial charge on any atom is 0.262 e. The number of benzene rings is 2. The van der Waals surface area contributed by atoms with Gasteiger partial charge in [-0.05, 0) is 43.3 Å². The molecule has 1 aromatic heterocycles. The van der Waals surface area contributed by atoms with Crippen molar-refractivity contribution in [3.8, 4) is 11.5 Å². The maximum atomic E-state index is 13.0. The number of aliphatic hydroxyl groups is 1. The number of carbonyl (C=O) groups is 1. The highest BCUT2D eigenvalue weighted by Gasteiger charge is 2.18. The van der Waals surface area contributed by atoms with E-state index in [1.807, 2.05) is 6.07 Å². The van der Waals surface area contributed by atoms with E-state index in [0.717, 1.165) is 4.47 Å². The van der Waals surface area contributed by atoms with Gasteiger partial charge in [-0.1, -0.05) is 27.7 Å². The van der Waals surface area contributed by atoms with Crippen LogP contribution < -0.4 is 15.0 Å². The Hall–Kier alpha value is -2.36. The number of thioether (sulfide) groups is 1. The molecule has 1 atom stereocenters. The van der Waals surface area contributed by atoms with Crippen molar-refractivity contribution in [2.75, 3.05) is 19.0 Å².